The molecule has 0 spiro atoms. The lowest BCUT2D eigenvalue weighted by Crippen LogP contribution is -2.57. The Labute approximate surface area is 81.6 Å². The summed E-state index contributed by atoms with van der Waals surface area (Å²) >= 11 is 3.40. The van der Waals surface area contributed by atoms with Gasteiger partial charge in [-0.3, -0.25) is 4.90 Å². The van der Waals surface area contributed by atoms with Gasteiger partial charge < -0.3 is 10.1 Å². The van der Waals surface area contributed by atoms with Crippen molar-refractivity contribution in [3.63, 3.8) is 0 Å². The zero-order valence-electron chi connectivity index (χ0n) is 7.29. The van der Waals surface area contributed by atoms with E-state index in [9.17, 15) is 4.79 Å². The highest BCUT2D eigenvalue weighted by Crippen LogP contribution is 2.07. The number of halogens is 1. The van der Waals surface area contributed by atoms with Crippen LogP contribution in [-0.2, 0) is 4.79 Å². The Morgan fingerprint density at radius 3 is 3.08 bits per heavy atom. The van der Waals surface area contributed by atoms with Crippen molar-refractivity contribution in [1.29, 1.82) is 0 Å². The van der Waals surface area contributed by atoms with Crippen LogP contribution in [0.1, 0.15) is 6.92 Å². The Kier molecular flexibility index (Phi) is 4.18. The second kappa shape index (κ2) is 4.94. The van der Waals surface area contributed by atoms with Gasteiger partial charge in [0.05, 0.1) is 6.04 Å². The number of piperazine rings is 1. The van der Waals surface area contributed by atoms with Crippen LogP contribution in [0, 0.1) is 0 Å². The van der Waals surface area contributed by atoms with E-state index in [1.54, 1.807) is 0 Å². The fourth-order valence-electron chi connectivity index (χ4n) is 1.56. The molecule has 4 heteroatoms. The Morgan fingerprint density at radius 2 is 2.50 bits per heavy atom. The molecule has 2 unspecified atom stereocenters. The van der Waals surface area contributed by atoms with Gasteiger partial charge in [0.2, 0.25) is 0 Å². The van der Waals surface area contributed by atoms with Crippen LogP contribution in [0.2, 0.25) is 0 Å². The van der Waals surface area contributed by atoms with Gasteiger partial charge in [-0.2, -0.15) is 0 Å². The highest BCUT2D eigenvalue weighted by molar-refractivity contribution is 9.09. The molecule has 2 atom stereocenters. The van der Waals surface area contributed by atoms with E-state index in [1.165, 1.54) is 0 Å². The molecule has 0 aromatic carbocycles. The first kappa shape index (κ1) is 10.2. The van der Waals surface area contributed by atoms with Crippen molar-refractivity contribution in [2.24, 2.45) is 0 Å². The number of hydrogen-bond donors (Lipinski definition) is 1. The molecule has 1 N–H and O–H groups in total. The van der Waals surface area contributed by atoms with Crippen LogP contribution in [0.25, 0.3) is 0 Å². The zero-order chi connectivity index (χ0) is 8.97. The maximum absolute atomic E-state index is 10.6. The molecule has 0 aromatic rings. The molecular formula is C8H15BrN2O. The van der Waals surface area contributed by atoms with E-state index >= 15 is 0 Å². The van der Waals surface area contributed by atoms with Crippen molar-refractivity contribution in [3.05, 3.63) is 0 Å². The average molecular weight is 235 g/mol. The predicted molar refractivity (Wildman–Crippen MR) is 52.7 cm³/mol. The first-order valence-electron chi connectivity index (χ1n) is 4.28. The minimum absolute atomic E-state index is 0.0119. The Balaban J connectivity index is 2.46. The third-order valence-electron chi connectivity index (χ3n) is 2.39. The normalized spacial score (nSPS) is 31.8. The SMILES string of the molecule is CC1C(C=O)NCCN1CCBr. The predicted octanol–water partition coefficient (Wildman–Crippen LogP) is 0.243. The van der Waals surface area contributed by atoms with Crippen LogP contribution >= 0.6 is 15.9 Å². The number of nitrogens with one attached hydrogen (secondary N) is 1. The Bertz CT molecular complexity index is 152. The van der Waals surface area contributed by atoms with Crippen molar-refractivity contribution in [2.75, 3.05) is 25.0 Å². The topological polar surface area (TPSA) is 32.3 Å². The number of carbonyl (C=O) groups is 1. The van der Waals surface area contributed by atoms with Gasteiger partial charge in [0.25, 0.3) is 0 Å². The molecule has 1 heterocycles. The summed E-state index contributed by atoms with van der Waals surface area (Å²) in [6, 6.07) is 0.339. The van der Waals surface area contributed by atoms with E-state index < -0.39 is 0 Å². The van der Waals surface area contributed by atoms with Gasteiger partial charge in [0.1, 0.15) is 6.29 Å². The van der Waals surface area contributed by atoms with Gasteiger partial charge in [-0.05, 0) is 6.92 Å². The van der Waals surface area contributed by atoms with E-state index in [0.717, 1.165) is 31.3 Å². The lowest BCUT2D eigenvalue weighted by atomic mass is 10.1. The summed E-state index contributed by atoms with van der Waals surface area (Å²) in [7, 11) is 0. The van der Waals surface area contributed by atoms with Crippen molar-refractivity contribution in [3.8, 4) is 0 Å². The van der Waals surface area contributed by atoms with Crippen LogP contribution in [-0.4, -0.2) is 48.2 Å². The van der Waals surface area contributed by atoms with Gasteiger partial charge in [-0.15, -0.1) is 0 Å². The minimum Gasteiger partial charge on any atom is -0.305 e. The van der Waals surface area contributed by atoms with E-state index in [-0.39, 0.29) is 6.04 Å². The number of rotatable bonds is 3. The van der Waals surface area contributed by atoms with E-state index in [2.05, 4.69) is 33.1 Å². The molecular weight excluding hydrogens is 220 g/mol. The number of hydrogen-bond acceptors (Lipinski definition) is 3. The molecule has 0 amide bonds. The van der Waals surface area contributed by atoms with E-state index in [0.29, 0.717) is 6.04 Å². The Hall–Kier alpha value is 0.0700. The van der Waals surface area contributed by atoms with Gasteiger partial charge in [-0.1, -0.05) is 15.9 Å². The van der Waals surface area contributed by atoms with Crippen molar-refractivity contribution in [2.45, 2.75) is 19.0 Å². The highest BCUT2D eigenvalue weighted by Gasteiger charge is 2.25. The maximum atomic E-state index is 10.6. The summed E-state index contributed by atoms with van der Waals surface area (Å²) in [6.07, 6.45) is 1.01. The summed E-state index contributed by atoms with van der Waals surface area (Å²) in [6.45, 7) is 5.07. The molecule has 1 rings (SSSR count). The van der Waals surface area contributed by atoms with Crippen LogP contribution in [0.4, 0.5) is 0 Å². The van der Waals surface area contributed by atoms with Gasteiger partial charge in [0, 0.05) is 31.0 Å². The molecule has 1 aliphatic rings. The van der Waals surface area contributed by atoms with E-state index in [1.807, 2.05) is 0 Å². The molecule has 1 fully saturated rings. The number of nitrogens with zero attached hydrogens (tertiary/aromatic N) is 1. The number of carbonyl (C=O) groups excluding carboxylic acids is 1. The standard InChI is InChI=1S/C8H15BrN2O/c1-7-8(6-12)10-3-5-11(7)4-2-9/h6-8,10H,2-5H2,1H3. The summed E-state index contributed by atoms with van der Waals surface area (Å²) in [5.74, 6) is 0. The molecule has 0 radical (unpaired) electrons. The highest BCUT2D eigenvalue weighted by atomic mass is 79.9. The lowest BCUT2D eigenvalue weighted by Gasteiger charge is -2.37. The molecule has 0 bridgehead atoms. The first-order chi connectivity index (χ1) is 5.79. The van der Waals surface area contributed by atoms with Crippen LogP contribution in [0.3, 0.4) is 0 Å². The fourth-order valence-corrected chi connectivity index (χ4v) is 2.02. The third-order valence-corrected chi connectivity index (χ3v) is 2.75. The van der Waals surface area contributed by atoms with Crippen LogP contribution in [0.5, 0.6) is 0 Å². The second-order valence-electron chi connectivity index (χ2n) is 3.08. The largest absolute Gasteiger partial charge is 0.305 e. The summed E-state index contributed by atoms with van der Waals surface area (Å²) in [5.41, 5.74) is 0. The summed E-state index contributed by atoms with van der Waals surface area (Å²) in [5, 5.41) is 4.16. The molecule has 0 saturated carbocycles. The molecule has 1 saturated heterocycles. The third kappa shape index (κ3) is 2.28. The summed E-state index contributed by atoms with van der Waals surface area (Å²) < 4.78 is 0. The maximum Gasteiger partial charge on any atom is 0.138 e. The van der Waals surface area contributed by atoms with E-state index in [4.69, 9.17) is 0 Å². The van der Waals surface area contributed by atoms with Gasteiger partial charge in [0.15, 0.2) is 0 Å². The number of aldehydes is 1. The molecule has 1 aliphatic heterocycles. The molecule has 0 aromatic heterocycles. The smallest absolute Gasteiger partial charge is 0.138 e. The average Bonchev–Trinajstić information content (AvgIpc) is 2.09. The zero-order valence-corrected chi connectivity index (χ0v) is 8.88. The van der Waals surface area contributed by atoms with Gasteiger partial charge in [-0.25, -0.2) is 0 Å². The quantitative estimate of drug-likeness (QED) is 0.562. The monoisotopic (exact) mass is 234 g/mol. The fraction of sp³-hybridized carbons (Fsp3) is 0.875. The van der Waals surface area contributed by atoms with Crippen molar-refractivity contribution in [1.82, 2.24) is 10.2 Å². The Morgan fingerprint density at radius 1 is 1.75 bits per heavy atom. The van der Waals surface area contributed by atoms with Crippen LogP contribution < -0.4 is 5.32 Å². The van der Waals surface area contributed by atoms with Crippen molar-refractivity contribution < 1.29 is 4.79 Å². The van der Waals surface area contributed by atoms with Crippen LogP contribution in [0.15, 0.2) is 0 Å². The number of alkyl halides is 1. The minimum atomic E-state index is 0.0119. The lowest BCUT2D eigenvalue weighted by molar-refractivity contribution is -0.111. The van der Waals surface area contributed by atoms with Gasteiger partial charge >= 0.3 is 0 Å². The molecule has 70 valence electrons. The molecule has 12 heavy (non-hydrogen) atoms. The molecule has 3 nitrogen and oxygen atoms in total. The van der Waals surface area contributed by atoms with Crippen molar-refractivity contribution >= 4 is 22.2 Å². The molecule has 0 aliphatic carbocycles. The first-order valence-corrected chi connectivity index (χ1v) is 5.40. The summed E-state index contributed by atoms with van der Waals surface area (Å²) in [4.78, 5) is 12.9. The second-order valence-corrected chi connectivity index (χ2v) is 3.87.